The number of fused-ring (bicyclic) bond motifs is 1. The van der Waals surface area contributed by atoms with Gasteiger partial charge in [0.2, 0.25) is 15.9 Å². The van der Waals surface area contributed by atoms with Gasteiger partial charge in [0.05, 0.1) is 15.1 Å². The minimum atomic E-state index is -3.80. The summed E-state index contributed by atoms with van der Waals surface area (Å²) in [6, 6.07) is 8.77. The van der Waals surface area contributed by atoms with E-state index in [1.54, 1.807) is 6.07 Å². The minimum Gasteiger partial charge on any atom is -0.301 e. The van der Waals surface area contributed by atoms with Crippen LogP contribution in [0.1, 0.15) is 18.4 Å². The number of hydrogen-bond acceptors (Lipinski definition) is 5. The molecule has 1 unspecified atom stereocenters. The first kappa shape index (κ1) is 20.6. The Bertz CT molecular complexity index is 1190. The first-order valence-corrected chi connectivity index (χ1v) is 11.9. The summed E-state index contributed by atoms with van der Waals surface area (Å²) >= 11 is 13.3. The molecule has 4 rings (SSSR count). The Labute approximate surface area is 182 Å². The summed E-state index contributed by atoms with van der Waals surface area (Å²) in [5.41, 5.74) is 1.68. The highest BCUT2D eigenvalue weighted by atomic mass is 35.5. The number of hydrogen-bond donors (Lipinski definition) is 1. The number of anilines is 1. The second kappa shape index (κ2) is 7.85. The molecule has 1 fully saturated rings. The third-order valence-electron chi connectivity index (χ3n) is 4.81. The van der Waals surface area contributed by atoms with E-state index in [2.05, 4.69) is 10.3 Å². The number of benzene rings is 2. The van der Waals surface area contributed by atoms with Gasteiger partial charge in [0.1, 0.15) is 6.04 Å². The second-order valence-electron chi connectivity index (χ2n) is 6.81. The van der Waals surface area contributed by atoms with Crippen molar-refractivity contribution in [3.8, 4) is 0 Å². The van der Waals surface area contributed by atoms with Crippen LogP contribution < -0.4 is 5.32 Å². The second-order valence-corrected chi connectivity index (χ2v) is 10.6. The van der Waals surface area contributed by atoms with Gasteiger partial charge in [-0.1, -0.05) is 34.5 Å². The van der Waals surface area contributed by atoms with Crippen LogP contribution in [-0.2, 0) is 14.8 Å². The summed E-state index contributed by atoms with van der Waals surface area (Å²) < 4.78 is 28.1. The third-order valence-corrected chi connectivity index (χ3v) is 8.12. The van der Waals surface area contributed by atoms with E-state index in [1.807, 2.05) is 13.0 Å². The van der Waals surface area contributed by atoms with Crippen molar-refractivity contribution in [3.63, 3.8) is 0 Å². The third kappa shape index (κ3) is 4.00. The summed E-state index contributed by atoms with van der Waals surface area (Å²) in [5, 5.41) is 4.26. The minimum absolute atomic E-state index is 0.117. The van der Waals surface area contributed by atoms with Crippen LogP contribution in [0.15, 0.2) is 41.3 Å². The molecule has 6 nitrogen and oxygen atoms in total. The van der Waals surface area contributed by atoms with Crippen molar-refractivity contribution in [2.75, 3.05) is 11.9 Å². The highest BCUT2D eigenvalue weighted by Crippen LogP contribution is 2.32. The summed E-state index contributed by atoms with van der Waals surface area (Å²) in [6.07, 6.45) is 1.06. The number of carbonyl (C=O) groups excluding carboxylic acids is 1. The average molecular weight is 470 g/mol. The molecule has 0 aliphatic carbocycles. The maximum atomic E-state index is 13.0. The molecule has 2 heterocycles. The Morgan fingerprint density at radius 3 is 2.66 bits per heavy atom. The maximum absolute atomic E-state index is 13.0. The van der Waals surface area contributed by atoms with Crippen molar-refractivity contribution in [2.45, 2.75) is 30.7 Å². The summed E-state index contributed by atoms with van der Waals surface area (Å²) in [7, 11) is -3.80. The molecule has 3 aromatic rings. The number of aromatic nitrogens is 1. The van der Waals surface area contributed by atoms with E-state index < -0.39 is 16.1 Å². The lowest BCUT2D eigenvalue weighted by Gasteiger charge is -2.23. The lowest BCUT2D eigenvalue weighted by Crippen LogP contribution is -2.43. The van der Waals surface area contributed by atoms with E-state index in [0.29, 0.717) is 28.0 Å². The fraction of sp³-hybridized carbons (Fsp3) is 0.263. The monoisotopic (exact) mass is 469 g/mol. The highest BCUT2D eigenvalue weighted by molar-refractivity contribution is 7.89. The lowest BCUT2D eigenvalue weighted by atomic mass is 10.2. The normalized spacial score (nSPS) is 17.7. The Hall–Kier alpha value is -1.71. The molecule has 1 amide bonds. The molecular formula is C19H17Cl2N3O3S2. The van der Waals surface area contributed by atoms with Crippen molar-refractivity contribution in [3.05, 3.63) is 52.0 Å². The SMILES string of the molecule is Cc1cc(Cl)cc2sc(NC(=O)C3CCCN3S(=O)(=O)c3ccc(Cl)cc3)nc12. The molecule has 1 aliphatic heterocycles. The number of rotatable bonds is 4. The van der Waals surface area contributed by atoms with E-state index in [1.165, 1.54) is 39.9 Å². The zero-order chi connectivity index (χ0) is 20.8. The van der Waals surface area contributed by atoms with Crippen molar-refractivity contribution >= 4 is 65.8 Å². The summed E-state index contributed by atoms with van der Waals surface area (Å²) in [5.74, 6) is -0.386. The van der Waals surface area contributed by atoms with Gasteiger partial charge in [0, 0.05) is 16.6 Å². The van der Waals surface area contributed by atoms with Crippen LogP contribution in [0, 0.1) is 6.92 Å². The van der Waals surface area contributed by atoms with Crippen molar-refractivity contribution < 1.29 is 13.2 Å². The lowest BCUT2D eigenvalue weighted by molar-refractivity contribution is -0.119. The van der Waals surface area contributed by atoms with Gasteiger partial charge in [-0.15, -0.1) is 0 Å². The van der Waals surface area contributed by atoms with Crippen LogP contribution in [0.25, 0.3) is 10.2 Å². The molecule has 1 atom stereocenters. The van der Waals surface area contributed by atoms with Crippen LogP contribution >= 0.6 is 34.5 Å². The number of amides is 1. The van der Waals surface area contributed by atoms with Gasteiger partial charge in [-0.2, -0.15) is 4.31 Å². The van der Waals surface area contributed by atoms with E-state index in [9.17, 15) is 13.2 Å². The molecule has 152 valence electrons. The van der Waals surface area contributed by atoms with Crippen molar-refractivity contribution in [1.82, 2.24) is 9.29 Å². The van der Waals surface area contributed by atoms with Crippen LogP contribution in [0.2, 0.25) is 10.0 Å². The predicted octanol–water partition coefficient (Wildman–Crippen LogP) is 4.70. The fourth-order valence-corrected chi connectivity index (χ4v) is 6.53. The molecule has 10 heteroatoms. The molecule has 1 saturated heterocycles. The first-order valence-electron chi connectivity index (χ1n) is 8.90. The highest BCUT2D eigenvalue weighted by Gasteiger charge is 2.39. The predicted molar refractivity (Wildman–Crippen MR) is 116 cm³/mol. The van der Waals surface area contributed by atoms with Crippen LogP contribution in [-0.4, -0.2) is 36.2 Å². The smallest absolute Gasteiger partial charge is 0.244 e. The number of halogens is 2. The van der Waals surface area contributed by atoms with Gasteiger partial charge in [-0.25, -0.2) is 13.4 Å². The number of nitrogens with zero attached hydrogens (tertiary/aromatic N) is 2. The standard InChI is InChI=1S/C19H17Cl2N3O3S2/c1-11-9-13(21)10-16-17(11)22-19(28-16)23-18(25)15-3-2-8-24(15)29(26,27)14-6-4-12(20)5-7-14/h4-7,9-10,15H,2-3,8H2,1H3,(H,22,23,25). The van der Waals surface area contributed by atoms with Gasteiger partial charge in [0.15, 0.2) is 5.13 Å². The molecular weight excluding hydrogens is 453 g/mol. The van der Waals surface area contributed by atoms with Crippen LogP contribution in [0.4, 0.5) is 5.13 Å². The van der Waals surface area contributed by atoms with Gasteiger partial charge in [0.25, 0.3) is 0 Å². The molecule has 1 aromatic heterocycles. The number of aryl methyl sites for hydroxylation is 1. The zero-order valence-corrected chi connectivity index (χ0v) is 18.5. The van der Waals surface area contributed by atoms with Crippen molar-refractivity contribution in [1.29, 1.82) is 0 Å². The topological polar surface area (TPSA) is 79.4 Å². The van der Waals surface area contributed by atoms with Gasteiger partial charge >= 0.3 is 0 Å². The number of sulfonamides is 1. The molecule has 2 aromatic carbocycles. The number of thiazole rings is 1. The van der Waals surface area contributed by atoms with Crippen LogP contribution in [0.3, 0.4) is 0 Å². The molecule has 1 aliphatic rings. The Kier molecular flexibility index (Phi) is 5.56. The van der Waals surface area contributed by atoms with Crippen LogP contribution in [0.5, 0.6) is 0 Å². The quantitative estimate of drug-likeness (QED) is 0.600. The first-order chi connectivity index (χ1) is 13.8. The Morgan fingerprint density at radius 2 is 1.93 bits per heavy atom. The van der Waals surface area contributed by atoms with Gasteiger partial charge < -0.3 is 5.32 Å². The molecule has 0 saturated carbocycles. The molecule has 1 N–H and O–H groups in total. The zero-order valence-electron chi connectivity index (χ0n) is 15.4. The Balaban J connectivity index is 1.58. The molecule has 0 radical (unpaired) electrons. The fourth-order valence-electron chi connectivity index (χ4n) is 3.43. The van der Waals surface area contributed by atoms with Gasteiger partial charge in [-0.3, -0.25) is 4.79 Å². The summed E-state index contributed by atoms with van der Waals surface area (Å²) in [6.45, 7) is 2.19. The van der Waals surface area contributed by atoms with Gasteiger partial charge in [-0.05, 0) is 61.7 Å². The molecule has 0 spiro atoms. The van der Waals surface area contributed by atoms with E-state index >= 15 is 0 Å². The average Bonchev–Trinajstić information content (AvgIpc) is 3.29. The molecule has 0 bridgehead atoms. The molecule has 29 heavy (non-hydrogen) atoms. The number of carbonyl (C=O) groups is 1. The van der Waals surface area contributed by atoms with E-state index in [0.717, 1.165) is 15.8 Å². The summed E-state index contributed by atoms with van der Waals surface area (Å²) in [4.78, 5) is 17.5. The maximum Gasteiger partial charge on any atom is 0.244 e. The van der Waals surface area contributed by atoms with Crippen molar-refractivity contribution in [2.24, 2.45) is 0 Å². The Morgan fingerprint density at radius 1 is 1.21 bits per heavy atom. The largest absolute Gasteiger partial charge is 0.301 e. The number of nitrogens with one attached hydrogen (secondary N) is 1. The van der Waals surface area contributed by atoms with E-state index in [-0.39, 0.29) is 17.3 Å². The van der Waals surface area contributed by atoms with E-state index in [4.69, 9.17) is 23.2 Å².